The average molecular weight is 570 g/mol. The molecule has 0 saturated heterocycles. The molecule has 3 heterocycles. The van der Waals surface area contributed by atoms with Crippen molar-refractivity contribution in [3.63, 3.8) is 0 Å². The first-order valence-corrected chi connectivity index (χ1v) is 13.8. The zero-order chi connectivity index (χ0) is 28.8. The molecule has 210 valence electrons. The van der Waals surface area contributed by atoms with Crippen LogP contribution in [0.2, 0.25) is 0 Å². The SMILES string of the molecule is CC(C)(C)C1c2c(C(N)=O)ccc(-c3cccc(C(F)(F)F)c3)c2CCN1C(=O)NCCc1cn2ccsc2n1. The van der Waals surface area contributed by atoms with E-state index in [0.29, 0.717) is 42.6 Å². The van der Waals surface area contributed by atoms with E-state index in [1.165, 1.54) is 17.4 Å². The number of carbonyl (C=O) groups is 2. The van der Waals surface area contributed by atoms with E-state index < -0.39 is 29.1 Å². The largest absolute Gasteiger partial charge is 0.416 e. The second-order valence-electron chi connectivity index (χ2n) is 11.0. The van der Waals surface area contributed by atoms with Crippen LogP contribution in [-0.2, 0) is 19.0 Å². The monoisotopic (exact) mass is 569 g/mol. The standard InChI is InChI=1S/C29H30F3N5O2S/c1-28(2,3)24-23-21(10-12-37(24)26(39)34-11-9-19-16-36-13-14-40-27(36)35-19)20(7-8-22(23)25(33)38)17-5-4-6-18(15-17)29(30,31)32/h4-8,13-16,24H,9-12H2,1-3H3,(H2,33,38)(H,34,39). The molecule has 3 amide bonds. The molecule has 7 nitrogen and oxygen atoms in total. The van der Waals surface area contributed by atoms with Gasteiger partial charge in [0.15, 0.2) is 4.96 Å². The number of imidazole rings is 1. The number of halogens is 3. The molecule has 2 aromatic carbocycles. The summed E-state index contributed by atoms with van der Waals surface area (Å²) in [5.41, 5.74) is 7.97. The summed E-state index contributed by atoms with van der Waals surface area (Å²) in [4.78, 5) is 33.2. The third-order valence-electron chi connectivity index (χ3n) is 7.19. The topological polar surface area (TPSA) is 92.7 Å². The highest BCUT2D eigenvalue weighted by Gasteiger charge is 2.41. The molecule has 40 heavy (non-hydrogen) atoms. The molecule has 0 bridgehead atoms. The van der Waals surface area contributed by atoms with Crippen molar-refractivity contribution < 1.29 is 22.8 Å². The van der Waals surface area contributed by atoms with Gasteiger partial charge in [0.25, 0.3) is 0 Å². The van der Waals surface area contributed by atoms with Crippen LogP contribution in [0.4, 0.5) is 18.0 Å². The molecular formula is C29H30F3N5O2S. The van der Waals surface area contributed by atoms with Crippen LogP contribution in [0.15, 0.2) is 54.2 Å². The molecule has 0 spiro atoms. The number of nitrogens with zero attached hydrogens (tertiary/aromatic N) is 3. The van der Waals surface area contributed by atoms with Crippen molar-refractivity contribution in [1.82, 2.24) is 19.6 Å². The number of carbonyl (C=O) groups excluding carboxylic acids is 2. The summed E-state index contributed by atoms with van der Waals surface area (Å²) >= 11 is 1.53. The molecule has 4 aromatic rings. The lowest BCUT2D eigenvalue weighted by Crippen LogP contribution is -2.50. The number of nitrogens with one attached hydrogen (secondary N) is 1. The highest BCUT2D eigenvalue weighted by Crippen LogP contribution is 2.46. The van der Waals surface area contributed by atoms with Crippen molar-refractivity contribution in [1.29, 1.82) is 0 Å². The molecule has 0 saturated carbocycles. The predicted octanol–water partition coefficient (Wildman–Crippen LogP) is 6.08. The molecule has 2 aromatic heterocycles. The number of thiazole rings is 1. The molecule has 5 rings (SSSR count). The van der Waals surface area contributed by atoms with Crippen LogP contribution in [0.1, 0.15) is 59.6 Å². The number of aromatic nitrogens is 2. The Bertz CT molecular complexity index is 1560. The lowest BCUT2D eigenvalue weighted by Gasteiger charge is -2.45. The summed E-state index contributed by atoms with van der Waals surface area (Å²) < 4.78 is 42.4. The number of primary amides is 1. The first-order chi connectivity index (χ1) is 18.8. The van der Waals surface area contributed by atoms with Gasteiger partial charge in [-0.15, -0.1) is 11.3 Å². The minimum absolute atomic E-state index is 0.265. The Morgan fingerprint density at radius 2 is 1.95 bits per heavy atom. The predicted molar refractivity (Wildman–Crippen MR) is 148 cm³/mol. The Morgan fingerprint density at radius 3 is 2.62 bits per heavy atom. The lowest BCUT2D eigenvalue weighted by molar-refractivity contribution is -0.137. The summed E-state index contributed by atoms with van der Waals surface area (Å²) in [7, 11) is 0. The minimum Gasteiger partial charge on any atom is -0.366 e. The first-order valence-electron chi connectivity index (χ1n) is 12.9. The van der Waals surface area contributed by atoms with Gasteiger partial charge in [-0.1, -0.05) is 39.0 Å². The van der Waals surface area contributed by atoms with E-state index in [2.05, 4.69) is 10.3 Å². The van der Waals surface area contributed by atoms with Gasteiger partial charge in [-0.2, -0.15) is 13.2 Å². The molecule has 0 fully saturated rings. The van der Waals surface area contributed by atoms with Crippen LogP contribution in [0.25, 0.3) is 16.1 Å². The van der Waals surface area contributed by atoms with Crippen molar-refractivity contribution in [2.24, 2.45) is 11.1 Å². The van der Waals surface area contributed by atoms with E-state index in [1.54, 1.807) is 23.1 Å². The maximum atomic E-state index is 13.5. The summed E-state index contributed by atoms with van der Waals surface area (Å²) in [6.07, 6.45) is 0.286. The van der Waals surface area contributed by atoms with Crippen molar-refractivity contribution in [3.05, 3.63) is 82.1 Å². The number of hydrogen-bond acceptors (Lipinski definition) is 4. The van der Waals surface area contributed by atoms with Crippen molar-refractivity contribution in [2.45, 2.75) is 45.8 Å². The number of hydrogen-bond donors (Lipinski definition) is 2. The van der Waals surface area contributed by atoms with Gasteiger partial charge in [0.1, 0.15) is 0 Å². The van der Waals surface area contributed by atoms with Gasteiger partial charge in [0.2, 0.25) is 5.91 Å². The molecular weight excluding hydrogens is 539 g/mol. The molecule has 1 atom stereocenters. The fourth-order valence-electron chi connectivity index (χ4n) is 5.53. The van der Waals surface area contributed by atoms with Gasteiger partial charge in [0.05, 0.1) is 17.3 Å². The molecule has 1 aliphatic rings. The zero-order valence-electron chi connectivity index (χ0n) is 22.4. The maximum absolute atomic E-state index is 13.5. The van der Waals surface area contributed by atoms with Gasteiger partial charge in [-0.25, -0.2) is 9.78 Å². The van der Waals surface area contributed by atoms with Crippen molar-refractivity contribution >= 4 is 28.2 Å². The average Bonchev–Trinajstić information content (AvgIpc) is 3.48. The number of urea groups is 1. The van der Waals surface area contributed by atoms with Crippen LogP contribution < -0.4 is 11.1 Å². The van der Waals surface area contributed by atoms with E-state index in [4.69, 9.17) is 5.73 Å². The Labute approximate surface area is 233 Å². The normalized spacial score (nSPS) is 15.8. The maximum Gasteiger partial charge on any atom is 0.416 e. The lowest BCUT2D eigenvalue weighted by atomic mass is 9.73. The van der Waals surface area contributed by atoms with Crippen LogP contribution in [-0.4, -0.2) is 39.3 Å². The number of benzene rings is 2. The molecule has 0 aliphatic carbocycles. The van der Waals surface area contributed by atoms with E-state index in [-0.39, 0.29) is 11.6 Å². The minimum atomic E-state index is -4.49. The van der Waals surface area contributed by atoms with Gasteiger partial charge in [-0.05, 0) is 52.3 Å². The van der Waals surface area contributed by atoms with Crippen LogP contribution in [0, 0.1) is 5.41 Å². The highest BCUT2D eigenvalue weighted by molar-refractivity contribution is 7.15. The van der Waals surface area contributed by atoms with E-state index >= 15 is 0 Å². The van der Waals surface area contributed by atoms with Gasteiger partial charge in [-0.3, -0.25) is 9.20 Å². The number of rotatable bonds is 5. The Morgan fingerprint density at radius 1 is 1.18 bits per heavy atom. The zero-order valence-corrected chi connectivity index (χ0v) is 23.2. The highest BCUT2D eigenvalue weighted by atomic mass is 32.1. The van der Waals surface area contributed by atoms with Gasteiger partial charge >= 0.3 is 12.2 Å². The third kappa shape index (κ3) is 5.30. The van der Waals surface area contributed by atoms with E-state index in [9.17, 15) is 22.8 Å². The van der Waals surface area contributed by atoms with Crippen molar-refractivity contribution in [3.8, 4) is 11.1 Å². The van der Waals surface area contributed by atoms with Gasteiger partial charge < -0.3 is 16.0 Å². The van der Waals surface area contributed by atoms with Gasteiger partial charge in [0, 0.05) is 42.8 Å². The molecule has 11 heteroatoms. The smallest absolute Gasteiger partial charge is 0.366 e. The molecule has 3 N–H and O–H groups in total. The second-order valence-corrected chi connectivity index (χ2v) is 11.9. The Hall–Kier alpha value is -3.86. The molecule has 1 unspecified atom stereocenters. The quantitative estimate of drug-likeness (QED) is 0.305. The van der Waals surface area contributed by atoms with E-state index in [0.717, 1.165) is 28.4 Å². The second kappa shape index (κ2) is 10.3. The number of amides is 3. The molecule has 0 radical (unpaired) electrons. The van der Waals surface area contributed by atoms with Crippen LogP contribution in [0.5, 0.6) is 0 Å². The fraction of sp³-hybridized carbons (Fsp3) is 0.345. The number of nitrogens with two attached hydrogens (primary N) is 1. The Balaban J connectivity index is 1.48. The summed E-state index contributed by atoms with van der Waals surface area (Å²) in [5, 5.41) is 4.94. The fourth-order valence-corrected chi connectivity index (χ4v) is 6.25. The van der Waals surface area contributed by atoms with E-state index in [1.807, 2.05) is 42.9 Å². The van der Waals surface area contributed by atoms with Crippen molar-refractivity contribution in [2.75, 3.05) is 13.1 Å². The first kappa shape index (κ1) is 27.7. The third-order valence-corrected chi connectivity index (χ3v) is 7.96. The Kier molecular flexibility index (Phi) is 7.11. The summed E-state index contributed by atoms with van der Waals surface area (Å²) in [6, 6.07) is 7.53. The number of alkyl halides is 3. The van der Waals surface area contributed by atoms with Crippen LogP contribution in [0.3, 0.4) is 0 Å². The summed E-state index contributed by atoms with van der Waals surface area (Å²) in [5.74, 6) is -0.650. The number of fused-ring (bicyclic) bond motifs is 2. The molecule has 1 aliphatic heterocycles. The van der Waals surface area contributed by atoms with Crippen LogP contribution >= 0.6 is 11.3 Å². The summed E-state index contributed by atoms with van der Waals surface area (Å²) in [6.45, 7) is 6.60.